The Balaban J connectivity index is 2.59. The molecule has 0 N–H and O–H groups in total. The summed E-state index contributed by atoms with van der Waals surface area (Å²) < 4.78 is 14.4. The molecule has 0 saturated heterocycles. The minimum atomic E-state index is -3.25. The van der Waals surface area contributed by atoms with E-state index >= 15 is 0 Å². The minimum absolute atomic E-state index is 0.135. The highest BCUT2D eigenvalue weighted by Crippen LogP contribution is 2.51. The van der Waals surface area contributed by atoms with Gasteiger partial charge in [-0.15, -0.1) is 0 Å². The molecule has 0 aliphatic heterocycles. The lowest BCUT2D eigenvalue weighted by molar-refractivity contribution is 0.107. The molecule has 2 rings (SSSR count). The van der Waals surface area contributed by atoms with Crippen LogP contribution in [0.25, 0.3) is 0 Å². The molecule has 0 radical (unpaired) electrons. The van der Waals surface area contributed by atoms with E-state index in [9.17, 15) is 9.36 Å². The van der Waals surface area contributed by atoms with Gasteiger partial charge in [-0.1, -0.05) is 64.1 Å². The van der Waals surface area contributed by atoms with Crippen LogP contribution in [0.3, 0.4) is 0 Å². The monoisotopic (exact) mass is 398 g/mol. The molecule has 0 aliphatic rings. The van der Waals surface area contributed by atoms with Crippen molar-refractivity contribution in [3.8, 4) is 0 Å². The highest BCUT2D eigenvalue weighted by molar-refractivity contribution is 7.87. The maximum Gasteiger partial charge on any atom is 0.226 e. The summed E-state index contributed by atoms with van der Waals surface area (Å²) in [6.07, 6.45) is 1.35. The van der Waals surface area contributed by atoms with Crippen LogP contribution in [-0.4, -0.2) is 11.7 Å². The van der Waals surface area contributed by atoms with Crippen LogP contribution in [0.1, 0.15) is 66.7 Å². The number of rotatable bonds is 6. The lowest BCUT2D eigenvalue weighted by Crippen LogP contribution is -2.23. The Morgan fingerprint density at radius 1 is 0.964 bits per heavy atom. The summed E-state index contributed by atoms with van der Waals surface area (Å²) in [5.41, 5.74) is 4.76. The minimum Gasteiger partial charge on any atom is -0.310 e. The number of aryl methyl sites for hydroxylation is 2. The molecule has 2 atom stereocenters. The van der Waals surface area contributed by atoms with Gasteiger partial charge in [-0.25, -0.2) is 0 Å². The summed E-state index contributed by atoms with van der Waals surface area (Å²) in [6, 6.07) is 11.4. The van der Waals surface area contributed by atoms with Crippen LogP contribution in [0.4, 0.5) is 0 Å². The second-order valence-electron chi connectivity index (χ2n) is 9.57. The van der Waals surface area contributed by atoms with E-state index in [1.54, 1.807) is 0 Å². The molecule has 2 unspecified atom stereocenters. The van der Waals surface area contributed by atoms with Gasteiger partial charge in [0.15, 0.2) is 7.14 Å². The Morgan fingerprint density at radius 3 is 2.07 bits per heavy atom. The fourth-order valence-electron chi connectivity index (χ4n) is 4.32. The van der Waals surface area contributed by atoms with Crippen LogP contribution in [0.15, 0.2) is 36.4 Å². The topological polar surface area (TPSA) is 34.1 Å². The molecule has 0 saturated carbocycles. The maximum absolute atomic E-state index is 14.4. The molecule has 0 fully saturated rings. The summed E-state index contributed by atoms with van der Waals surface area (Å²) >= 11 is 0. The first-order valence-electron chi connectivity index (χ1n) is 10.1. The molecule has 2 aromatic carbocycles. The highest BCUT2D eigenvalue weighted by atomic mass is 31.2. The zero-order valence-electron chi connectivity index (χ0n) is 18.7. The molecule has 28 heavy (non-hydrogen) atoms. The summed E-state index contributed by atoms with van der Waals surface area (Å²) in [6.45, 7) is 16.7. The Hall–Kier alpha value is -1.66. The van der Waals surface area contributed by atoms with Crippen molar-refractivity contribution in [3.63, 3.8) is 0 Å². The van der Waals surface area contributed by atoms with Gasteiger partial charge in [0.05, 0.1) is 0 Å². The van der Waals surface area contributed by atoms with E-state index in [0.29, 0.717) is 17.0 Å². The molecule has 0 spiro atoms. The van der Waals surface area contributed by atoms with Gasteiger partial charge in [-0.2, -0.15) is 0 Å². The van der Waals surface area contributed by atoms with E-state index in [4.69, 9.17) is 0 Å². The smallest absolute Gasteiger partial charge is 0.226 e. The molecule has 0 aromatic heterocycles. The van der Waals surface area contributed by atoms with Gasteiger partial charge in [-0.05, 0) is 67.7 Å². The lowest BCUT2D eigenvalue weighted by Gasteiger charge is -2.27. The van der Waals surface area contributed by atoms with E-state index in [1.165, 1.54) is 5.56 Å². The van der Waals surface area contributed by atoms with Gasteiger partial charge < -0.3 is 4.57 Å². The lowest BCUT2D eigenvalue weighted by atomic mass is 9.86. The first kappa shape index (κ1) is 22.6. The number of carbonyl (C=O) groups is 1. The summed E-state index contributed by atoms with van der Waals surface area (Å²) in [5, 5.41) is 0.679. The Morgan fingerprint density at radius 2 is 1.54 bits per heavy atom. The Labute approximate surface area is 171 Å². The third-order valence-corrected chi connectivity index (χ3v) is 8.75. The fourth-order valence-corrected chi connectivity index (χ4v) is 7.29. The number of carbonyl (C=O) groups excluding carboxylic acids is 1. The molecular weight excluding hydrogens is 363 g/mol. The van der Waals surface area contributed by atoms with E-state index < -0.39 is 7.14 Å². The van der Waals surface area contributed by atoms with Crippen LogP contribution in [0.5, 0.6) is 0 Å². The molecule has 3 heteroatoms. The van der Waals surface area contributed by atoms with Gasteiger partial charge in [0.1, 0.15) is 0 Å². The van der Waals surface area contributed by atoms with E-state index in [-0.39, 0.29) is 16.9 Å². The zero-order chi connectivity index (χ0) is 21.3. The highest BCUT2D eigenvalue weighted by Gasteiger charge is 2.38. The first-order chi connectivity index (χ1) is 12.9. The van der Waals surface area contributed by atoms with Crippen LogP contribution in [0, 0.1) is 39.0 Å². The Kier molecular flexibility index (Phi) is 6.77. The third-order valence-electron chi connectivity index (χ3n) is 5.60. The van der Waals surface area contributed by atoms with Crippen molar-refractivity contribution in [1.29, 1.82) is 0 Å². The van der Waals surface area contributed by atoms with E-state index in [2.05, 4.69) is 34.6 Å². The molecule has 0 aliphatic carbocycles. The van der Waals surface area contributed by atoms with Crippen LogP contribution >= 0.6 is 7.14 Å². The average molecular weight is 399 g/mol. The number of hydrogen-bond donors (Lipinski definition) is 0. The molecule has 152 valence electrons. The standard InChI is InChI=1S/C25H35O2P/c1-17(15-25(6,7)8)16-28(27,22-12-10-9-11-13-22)24(26)23-19(3)14-18(2)20(4)21(23)5/h9-14,17H,15-16H2,1-8H3. The third kappa shape index (κ3) is 4.84. The van der Waals surface area contributed by atoms with E-state index in [1.807, 2.05) is 57.2 Å². The predicted molar refractivity (Wildman–Crippen MR) is 122 cm³/mol. The van der Waals surface area contributed by atoms with Crippen molar-refractivity contribution in [1.82, 2.24) is 0 Å². The van der Waals surface area contributed by atoms with Gasteiger partial charge in [0.2, 0.25) is 5.52 Å². The van der Waals surface area contributed by atoms with Crippen molar-refractivity contribution in [2.75, 3.05) is 6.16 Å². The summed E-state index contributed by atoms with van der Waals surface area (Å²) in [7, 11) is -3.25. The van der Waals surface area contributed by atoms with Gasteiger partial charge in [-0.3, -0.25) is 4.79 Å². The molecular formula is C25H35O2P. The second kappa shape index (κ2) is 8.37. The van der Waals surface area contributed by atoms with Crippen LogP contribution in [0.2, 0.25) is 0 Å². The number of hydrogen-bond acceptors (Lipinski definition) is 2. The average Bonchev–Trinajstić information content (AvgIpc) is 2.58. The SMILES string of the molecule is Cc1cc(C)c(C(=O)P(=O)(CC(C)CC(C)(C)C)c2ccccc2)c(C)c1C. The maximum atomic E-state index is 14.4. The summed E-state index contributed by atoms with van der Waals surface area (Å²) in [5.74, 6) is 0.196. The van der Waals surface area contributed by atoms with E-state index in [0.717, 1.165) is 23.1 Å². The fraction of sp³-hybridized carbons (Fsp3) is 0.480. The number of benzene rings is 2. The molecule has 0 amide bonds. The summed E-state index contributed by atoms with van der Waals surface area (Å²) in [4.78, 5) is 13.8. The zero-order valence-corrected chi connectivity index (χ0v) is 19.6. The largest absolute Gasteiger partial charge is 0.310 e. The van der Waals surface area contributed by atoms with Gasteiger partial charge >= 0.3 is 0 Å². The quantitative estimate of drug-likeness (QED) is 0.500. The van der Waals surface area contributed by atoms with Crippen LogP contribution in [-0.2, 0) is 4.57 Å². The van der Waals surface area contributed by atoms with Crippen molar-refractivity contribution in [3.05, 3.63) is 64.2 Å². The first-order valence-corrected chi connectivity index (χ1v) is 12.0. The van der Waals surface area contributed by atoms with Gasteiger partial charge in [0.25, 0.3) is 0 Å². The van der Waals surface area contributed by atoms with Crippen molar-refractivity contribution >= 4 is 18.0 Å². The molecule has 0 bridgehead atoms. The molecule has 2 aromatic rings. The molecule has 0 heterocycles. The Bertz CT molecular complexity index is 904. The second-order valence-corrected chi connectivity index (χ2v) is 12.3. The van der Waals surface area contributed by atoms with Crippen molar-refractivity contribution < 1.29 is 9.36 Å². The van der Waals surface area contributed by atoms with Crippen LogP contribution < -0.4 is 5.30 Å². The van der Waals surface area contributed by atoms with Crippen molar-refractivity contribution in [2.24, 2.45) is 11.3 Å². The van der Waals surface area contributed by atoms with Gasteiger partial charge in [0, 0.05) is 17.0 Å². The predicted octanol–water partition coefficient (Wildman–Crippen LogP) is 6.82. The van der Waals surface area contributed by atoms with Crippen molar-refractivity contribution in [2.45, 2.75) is 61.8 Å². The molecule has 2 nitrogen and oxygen atoms in total. The normalized spacial score (nSPS) is 15.1.